The van der Waals surface area contributed by atoms with Crippen molar-refractivity contribution in [1.82, 2.24) is 0 Å². The van der Waals surface area contributed by atoms with Crippen molar-refractivity contribution in [3.8, 4) is 40.2 Å². The minimum Gasteiger partial charge on any atom is -0.497 e. The summed E-state index contributed by atoms with van der Waals surface area (Å²) < 4.78 is 53.0. The van der Waals surface area contributed by atoms with Gasteiger partial charge >= 0.3 is 0 Å². The minimum absolute atomic E-state index is 0.0117. The molecule has 3 heterocycles. The summed E-state index contributed by atoms with van der Waals surface area (Å²) in [4.78, 5) is 0. The van der Waals surface area contributed by atoms with Gasteiger partial charge < -0.3 is 47.7 Å². The lowest BCUT2D eigenvalue weighted by atomic mass is 9.80. The molecule has 7 rings (SSSR count). The average Bonchev–Trinajstić information content (AvgIpc) is 3.61. The zero-order valence-electron chi connectivity index (χ0n) is 26.1. The molecule has 2 unspecified atom stereocenters. The van der Waals surface area contributed by atoms with Crippen LogP contribution in [0.3, 0.4) is 0 Å². The fourth-order valence-corrected chi connectivity index (χ4v) is 6.69. The molecular formula is C36H36O10. The molecule has 0 spiro atoms. The second-order valence-electron chi connectivity index (χ2n) is 11.4. The smallest absolute Gasteiger partial charge is 0.188 e. The van der Waals surface area contributed by atoms with Crippen LogP contribution in [-0.4, -0.2) is 59.8 Å². The molecule has 0 radical (unpaired) electrons. The fraction of sp³-hybridized carbons (Fsp3) is 0.333. The van der Waals surface area contributed by atoms with Gasteiger partial charge in [0.1, 0.15) is 41.0 Å². The van der Waals surface area contributed by atoms with Crippen LogP contribution >= 0.6 is 0 Å². The second-order valence-corrected chi connectivity index (χ2v) is 11.4. The average molecular weight is 629 g/mol. The molecule has 10 nitrogen and oxygen atoms in total. The van der Waals surface area contributed by atoms with E-state index in [1.807, 2.05) is 60.7 Å². The van der Waals surface area contributed by atoms with Crippen LogP contribution in [0.2, 0.25) is 0 Å². The molecule has 3 aliphatic heterocycles. The van der Waals surface area contributed by atoms with E-state index in [2.05, 4.69) is 0 Å². The van der Waals surface area contributed by atoms with E-state index in [1.165, 1.54) is 0 Å². The van der Waals surface area contributed by atoms with Crippen LogP contribution in [0.25, 0.3) is 0 Å². The summed E-state index contributed by atoms with van der Waals surface area (Å²) in [5.41, 5.74) is 2.34. The van der Waals surface area contributed by atoms with Crippen molar-refractivity contribution in [2.24, 2.45) is 0 Å². The second kappa shape index (κ2) is 12.3. The highest BCUT2D eigenvalue weighted by Crippen LogP contribution is 2.55. The van der Waals surface area contributed by atoms with Crippen molar-refractivity contribution >= 4 is 0 Å². The SMILES string of the molecule is COCOc1cc2c(cc1OC)OC(Cc1c(OCOC)ccc3c1OC[C@@H]1c4ccc(OC)cc4O[C@H]31)C2(O)c1ccccc1. The Hall–Kier alpha value is -4.64. The minimum atomic E-state index is -1.57. The van der Waals surface area contributed by atoms with E-state index in [9.17, 15) is 5.11 Å². The number of hydrogen-bond donors (Lipinski definition) is 1. The molecule has 0 fully saturated rings. The largest absolute Gasteiger partial charge is 0.497 e. The van der Waals surface area contributed by atoms with E-state index < -0.39 is 11.7 Å². The predicted octanol–water partition coefficient (Wildman–Crippen LogP) is 5.52. The first-order valence-electron chi connectivity index (χ1n) is 15.0. The molecule has 0 aliphatic carbocycles. The first kappa shape index (κ1) is 30.0. The Kier molecular flexibility index (Phi) is 8.02. The Labute approximate surface area is 267 Å². The van der Waals surface area contributed by atoms with Gasteiger partial charge in [0.25, 0.3) is 0 Å². The molecule has 0 saturated carbocycles. The summed E-state index contributed by atoms with van der Waals surface area (Å²) in [6, 6.07) is 22.7. The Morgan fingerprint density at radius 1 is 0.761 bits per heavy atom. The lowest BCUT2D eigenvalue weighted by Crippen LogP contribution is -2.41. The van der Waals surface area contributed by atoms with Gasteiger partial charge in [-0.25, -0.2) is 0 Å². The maximum Gasteiger partial charge on any atom is 0.188 e. The van der Waals surface area contributed by atoms with Crippen molar-refractivity contribution in [2.45, 2.75) is 30.1 Å². The maximum absolute atomic E-state index is 12.7. The molecule has 4 atom stereocenters. The molecule has 0 amide bonds. The van der Waals surface area contributed by atoms with Gasteiger partial charge in [0.2, 0.25) is 0 Å². The van der Waals surface area contributed by atoms with Crippen molar-refractivity contribution in [3.63, 3.8) is 0 Å². The molecule has 3 aliphatic rings. The summed E-state index contributed by atoms with van der Waals surface area (Å²) in [7, 11) is 6.30. The number of fused-ring (bicyclic) bond motifs is 6. The van der Waals surface area contributed by atoms with Crippen LogP contribution in [0.5, 0.6) is 40.2 Å². The molecule has 46 heavy (non-hydrogen) atoms. The van der Waals surface area contributed by atoms with Gasteiger partial charge in [0.15, 0.2) is 30.7 Å². The Morgan fingerprint density at radius 2 is 1.52 bits per heavy atom. The maximum atomic E-state index is 12.7. The first-order chi connectivity index (χ1) is 22.5. The normalized spacial score (nSPS) is 21.9. The molecule has 0 saturated heterocycles. The van der Waals surface area contributed by atoms with Gasteiger partial charge in [-0.15, -0.1) is 0 Å². The van der Waals surface area contributed by atoms with Gasteiger partial charge in [0, 0.05) is 55.0 Å². The van der Waals surface area contributed by atoms with Crippen molar-refractivity contribution in [2.75, 3.05) is 48.6 Å². The van der Waals surface area contributed by atoms with Crippen LogP contribution in [0.4, 0.5) is 0 Å². The Bertz CT molecular complexity index is 1720. The number of methoxy groups -OCH3 is 4. The van der Waals surface area contributed by atoms with E-state index >= 15 is 0 Å². The van der Waals surface area contributed by atoms with Gasteiger partial charge in [-0.3, -0.25) is 0 Å². The van der Waals surface area contributed by atoms with Crippen LogP contribution < -0.4 is 33.2 Å². The highest BCUT2D eigenvalue weighted by Gasteiger charge is 2.51. The third kappa shape index (κ3) is 4.93. The number of aliphatic hydroxyl groups is 1. The van der Waals surface area contributed by atoms with Crippen molar-refractivity contribution < 1.29 is 47.7 Å². The van der Waals surface area contributed by atoms with E-state index in [0.717, 1.165) is 28.2 Å². The van der Waals surface area contributed by atoms with Crippen LogP contribution in [0.1, 0.15) is 39.8 Å². The summed E-state index contributed by atoms with van der Waals surface area (Å²) in [6.07, 6.45) is -0.812. The lowest BCUT2D eigenvalue weighted by Gasteiger charge is -2.33. The van der Waals surface area contributed by atoms with Crippen molar-refractivity contribution in [3.05, 3.63) is 101 Å². The summed E-state index contributed by atoms with van der Waals surface area (Å²) in [5, 5.41) is 12.7. The van der Waals surface area contributed by atoms with Gasteiger partial charge in [-0.1, -0.05) is 36.4 Å². The lowest BCUT2D eigenvalue weighted by molar-refractivity contribution is -0.00695. The Balaban J connectivity index is 1.31. The third-order valence-electron chi connectivity index (χ3n) is 8.88. The summed E-state index contributed by atoms with van der Waals surface area (Å²) >= 11 is 0. The number of rotatable bonds is 11. The Morgan fingerprint density at radius 3 is 2.26 bits per heavy atom. The van der Waals surface area contributed by atoms with Gasteiger partial charge in [0.05, 0.1) is 26.7 Å². The standard InChI is InChI=1S/C36H36O10/c1-38-19-43-28-13-12-24-34(42-18-26-23-11-10-22(40-3)14-29(23)46-35(24)26)25(28)15-33-36(37,21-8-6-5-7-9-21)27-16-32(44-20-39-2)31(41-4)17-30(27)45-33/h5-14,16-17,26,33,35,37H,15,18-20H2,1-4H3/t26-,33?,35-,36?/m1/s1. The molecule has 4 aromatic rings. The van der Waals surface area contributed by atoms with E-state index in [0.29, 0.717) is 46.5 Å². The van der Waals surface area contributed by atoms with Gasteiger partial charge in [-0.05, 0) is 29.8 Å². The van der Waals surface area contributed by atoms with Crippen LogP contribution in [0.15, 0.2) is 72.8 Å². The number of ether oxygens (including phenoxy) is 9. The topological polar surface area (TPSA) is 103 Å². The number of hydrogen-bond acceptors (Lipinski definition) is 10. The zero-order chi connectivity index (χ0) is 31.8. The molecule has 0 bridgehead atoms. The first-order valence-corrected chi connectivity index (χ1v) is 15.0. The zero-order valence-corrected chi connectivity index (χ0v) is 26.1. The highest BCUT2D eigenvalue weighted by molar-refractivity contribution is 5.61. The number of benzene rings is 4. The third-order valence-corrected chi connectivity index (χ3v) is 8.88. The van der Waals surface area contributed by atoms with E-state index in [-0.39, 0.29) is 32.0 Å². The quantitative estimate of drug-likeness (QED) is 0.214. The van der Waals surface area contributed by atoms with Crippen LogP contribution in [0, 0.1) is 0 Å². The molecule has 10 heteroatoms. The molecule has 4 aromatic carbocycles. The highest BCUT2D eigenvalue weighted by atomic mass is 16.7. The molecule has 240 valence electrons. The predicted molar refractivity (Wildman–Crippen MR) is 167 cm³/mol. The summed E-state index contributed by atoms with van der Waals surface area (Å²) in [5.74, 6) is 4.08. The monoisotopic (exact) mass is 628 g/mol. The summed E-state index contributed by atoms with van der Waals surface area (Å²) in [6.45, 7) is 0.452. The van der Waals surface area contributed by atoms with Crippen LogP contribution in [-0.2, 0) is 21.5 Å². The molecular weight excluding hydrogens is 592 g/mol. The van der Waals surface area contributed by atoms with Crippen molar-refractivity contribution in [1.29, 1.82) is 0 Å². The molecule has 1 N–H and O–H groups in total. The fourth-order valence-electron chi connectivity index (χ4n) is 6.69. The van der Waals surface area contributed by atoms with Gasteiger partial charge in [-0.2, -0.15) is 0 Å². The van der Waals surface area contributed by atoms with E-state index in [1.54, 1.807) is 40.6 Å². The van der Waals surface area contributed by atoms with E-state index in [4.69, 9.17) is 42.6 Å². The molecule has 0 aromatic heterocycles.